The molecule has 4 aliphatic carbocycles. The lowest BCUT2D eigenvalue weighted by molar-refractivity contribution is -0.163. The fraction of sp³-hybridized carbons (Fsp3) is 0.657. The summed E-state index contributed by atoms with van der Waals surface area (Å²) in [6.07, 6.45) is 9.64. The number of aliphatic hydroxyl groups is 1. The summed E-state index contributed by atoms with van der Waals surface area (Å²) in [5.41, 5.74) is 0.454. The molecule has 1 aromatic heterocycles. The molecular weight excluding hydrogens is 689 g/mol. The van der Waals surface area contributed by atoms with Gasteiger partial charge >= 0.3 is 5.97 Å². The van der Waals surface area contributed by atoms with Crippen LogP contribution < -0.4 is 5.32 Å². The predicted molar refractivity (Wildman–Crippen MR) is 185 cm³/mol. The largest absolute Gasteiger partial charge is 0.458 e. The molecule has 0 amide bonds. The quantitative estimate of drug-likeness (QED) is 0.193. The maximum Gasteiger partial charge on any atom is 0.306 e. The zero-order valence-electron chi connectivity index (χ0n) is 28.5. The first kappa shape index (κ1) is 36.3. The number of nitrogens with zero attached hydrogens (tertiary/aromatic N) is 1. The van der Waals surface area contributed by atoms with Crippen LogP contribution in [0, 0.1) is 22.7 Å². The number of carbonyl (C=O) groups is 3. The second kappa shape index (κ2) is 12.9. The van der Waals surface area contributed by atoms with E-state index in [4.69, 9.17) is 4.74 Å². The zero-order valence-corrected chi connectivity index (χ0v) is 30.9. The van der Waals surface area contributed by atoms with Crippen LogP contribution in [0.2, 0.25) is 0 Å². The number of sulfone groups is 1. The maximum atomic E-state index is 13.5. The highest BCUT2D eigenvalue weighted by Gasteiger charge is 2.64. The van der Waals surface area contributed by atoms with Crippen LogP contribution in [0.3, 0.4) is 0 Å². The molecule has 1 aromatic rings. The van der Waals surface area contributed by atoms with Crippen molar-refractivity contribution in [1.29, 1.82) is 0 Å². The molecule has 268 valence electrons. The summed E-state index contributed by atoms with van der Waals surface area (Å²) < 4.78 is 60.5. The van der Waals surface area contributed by atoms with Gasteiger partial charge in [0.1, 0.15) is 14.0 Å². The molecule has 7 atom stereocenters. The Balaban J connectivity index is 1.05. The number of rotatable bonds is 10. The van der Waals surface area contributed by atoms with E-state index in [2.05, 4.69) is 22.7 Å². The molecule has 14 heteroatoms. The van der Waals surface area contributed by atoms with Crippen LogP contribution in [-0.2, 0) is 39.0 Å². The lowest BCUT2D eigenvalue weighted by Gasteiger charge is -2.54. The number of nitrogens with one attached hydrogen (secondary N) is 1. The lowest BCUT2D eigenvalue weighted by atomic mass is 9.50. The summed E-state index contributed by atoms with van der Waals surface area (Å²) in [4.78, 5) is 38.2. The van der Waals surface area contributed by atoms with Crippen molar-refractivity contribution in [3.8, 4) is 0 Å². The van der Waals surface area contributed by atoms with Crippen molar-refractivity contribution >= 4 is 54.9 Å². The summed E-state index contributed by atoms with van der Waals surface area (Å²) in [6, 6.07) is 1.08. The maximum absolute atomic E-state index is 13.5. The molecule has 11 nitrogen and oxygen atoms in total. The average molecular weight is 735 g/mol. The summed E-state index contributed by atoms with van der Waals surface area (Å²) in [5, 5.41) is 14.4. The van der Waals surface area contributed by atoms with Crippen LogP contribution in [0.25, 0.3) is 0 Å². The van der Waals surface area contributed by atoms with Crippen LogP contribution in [-0.4, -0.2) is 69.7 Å². The van der Waals surface area contributed by atoms with Crippen molar-refractivity contribution in [3.63, 3.8) is 0 Å². The molecule has 2 saturated carbocycles. The number of hydrogen-bond acceptors (Lipinski definition) is 11. The van der Waals surface area contributed by atoms with E-state index in [-0.39, 0.29) is 56.8 Å². The summed E-state index contributed by atoms with van der Waals surface area (Å²) in [5.74, 6) is -0.762. The van der Waals surface area contributed by atoms with Gasteiger partial charge in [0.15, 0.2) is 22.2 Å². The molecule has 6 rings (SSSR count). The van der Waals surface area contributed by atoms with Crippen LogP contribution in [0.4, 0.5) is 0 Å². The van der Waals surface area contributed by atoms with Crippen molar-refractivity contribution in [1.82, 2.24) is 5.32 Å². The monoisotopic (exact) mass is 734 g/mol. The molecule has 0 bridgehead atoms. The summed E-state index contributed by atoms with van der Waals surface area (Å²) in [6.45, 7) is 7.70. The normalized spacial score (nSPS) is 35.1. The Morgan fingerprint density at radius 1 is 1.20 bits per heavy atom. The van der Waals surface area contributed by atoms with Crippen LogP contribution in [0.15, 0.2) is 42.2 Å². The van der Waals surface area contributed by atoms with Gasteiger partial charge < -0.3 is 15.2 Å². The number of Topliss-reactive ketones (excluding diaryl/α,β-unsaturated/α-hetero) is 1. The second-order valence-corrected chi connectivity index (χ2v) is 20.3. The minimum Gasteiger partial charge on any atom is -0.458 e. The number of fused-ring (bicyclic) bond motifs is 6. The Kier molecular flexibility index (Phi) is 9.56. The average Bonchev–Trinajstić information content (AvgIpc) is 3.63. The van der Waals surface area contributed by atoms with Gasteiger partial charge in [0.25, 0.3) is 10.0 Å². The van der Waals surface area contributed by atoms with Crippen molar-refractivity contribution in [3.05, 3.63) is 34.9 Å². The van der Waals surface area contributed by atoms with Crippen molar-refractivity contribution in [2.75, 3.05) is 13.2 Å². The van der Waals surface area contributed by atoms with E-state index in [0.717, 1.165) is 25.5 Å². The smallest absolute Gasteiger partial charge is 0.306 e. The molecular formula is C35H46N2O9S3. The molecule has 5 aliphatic rings. The van der Waals surface area contributed by atoms with Gasteiger partial charge in [-0.25, -0.2) is 8.42 Å². The molecule has 0 aromatic carbocycles. The van der Waals surface area contributed by atoms with Crippen LogP contribution >= 0.6 is 11.3 Å². The standard InChI is InChI=1S/C35H46N2O9S3/c1-5-36-28-17-21(2)48(42,43)32-25(28)19-31(47-32)49(44,45)37-16-6-7-30(40)46-20-29(39)35(41)15-12-27-24-9-8-22-18-23(38)10-13-33(22,3)26(24)11-14-34(27,35)4/h11,16,18-19,21,24,27-28,36,41H,5-10,12-15,17,20H2,1-4H3/t21-,24+,27-,28-,33-,34-,35-/m0/s1. The number of thiophene rings is 1. The van der Waals surface area contributed by atoms with E-state index in [1.165, 1.54) is 17.2 Å². The molecule has 49 heavy (non-hydrogen) atoms. The van der Waals surface area contributed by atoms with Gasteiger partial charge in [-0.15, -0.1) is 11.3 Å². The van der Waals surface area contributed by atoms with E-state index < -0.39 is 54.5 Å². The summed E-state index contributed by atoms with van der Waals surface area (Å²) in [7, 11) is -7.86. The van der Waals surface area contributed by atoms with Crippen molar-refractivity contribution < 1.29 is 41.1 Å². The zero-order chi connectivity index (χ0) is 35.6. The SMILES string of the molecule is CCN[C@H]1C[C@H](C)S(=O)(=O)c2sc(S(=O)(=O)N=CCCC(=O)OCC(=O)[C@@]3(O)CC[C@H]4[C@@H]5CCC6=CC(=O)CC[C@]6(C)C5=CC[C@@]43C)cc21. The molecule has 0 radical (unpaired) electrons. The minimum absolute atomic E-state index is 0.0363. The van der Waals surface area contributed by atoms with Crippen LogP contribution in [0.5, 0.6) is 0 Å². The first-order chi connectivity index (χ1) is 23.0. The minimum atomic E-state index is -4.21. The van der Waals surface area contributed by atoms with Crippen LogP contribution in [0.1, 0.15) is 104 Å². The molecule has 0 spiro atoms. The van der Waals surface area contributed by atoms with Crippen molar-refractivity contribution in [2.45, 2.75) is 117 Å². The molecule has 2 heterocycles. The fourth-order valence-corrected chi connectivity index (χ4v) is 14.1. The van der Waals surface area contributed by atoms with Gasteiger partial charge in [0, 0.05) is 35.1 Å². The second-order valence-electron chi connectivity index (χ2n) is 14.8. The molecule has 2 N–H and O–H groups in total. The fourth-order valence-electron chi connectivity index (χ4n) is 9.22. The Morgan fingerprint density at radius 2 is 1.96 bits per heavy atom. The lowest BCUT2D eigenvalue weighted by Crippen LogP contribution is -2.55. The predicted octanol–water partition coefficient (Wildman–Crippen LogP) is 4.80. The van der Waals surface area contributed by atoms with E-state index in [0.29, 0.717) is 49.1 Å². The van der Waals surface area contributed by atoms with Gasteiger partial charge in [0.05, 0.1) is 11.7 Å². The Bertz CT molecular complexity index is 1880. The van der Waals surface area contributed by atoms with Gasteiger partial charge in [-0.05, 0) is 88.8 Å². The van der Waals surface area contributed by atoms with Gasteiger partial charge in [-0.1, -0.05) is 38.0 Å². The topological polar surface area (TPSA) is 173 Å². The number of carbonyl (C=O) groups excluding carboxylic acids is 3. The van der Waals surface area contributed by atoms with Crippen molar-refractivity contribution in [2.24, 2.45) is 27.1 Å². The Morgan fingerprint density at radius 3 is 2.69 bits per heavy atom. The third kappa shape index (κ3) is 6.02. The molecule has 0 unspecified atom stereocenters. The van der Waals surface area contributed by atoms with Gasteiger partial charge in [-0.2, -0.15) is 12.8 Å². The van der Waals surface area contributed by atoms with Gasteiger partial charge in [0.2, 0.25) is 5.78 Å². The number of sulfonamides is 1. The number of ether oxygens (including phenoxy) is 1. The first-order valence-corrected chi connectivity index (χ1v) is 21.0. The Hall–Kier alpha value is -2.52. The number of esters is 1. The molecule has 2 fully saturated rings. The van der Waals surface area contributed by atoms with E-state index in [1.807, 2.05) is 19.9 Å². The third-order valence-corrected chi connectivity index (χ3v) is 17.8. The number of hydrogen-bond donors (Lipinski definition) is 2. The molecule has 1 aliphatic heterocycles. The molecule has 0 saturated heterocycles. The third-order valence-electron chi connectivity index (χ3n) is 12.1. The highest BCUT2D eigenvalue weighted by Crippen LogP contribution is 2.65. The van der Waals surface area contributed by atoms with Gasteiger partial charge in [-0.3, -0.25) is 14.4 Å². The highest BCUT2D eigenvalue weighted by atomic mass is 32.3. The highest BCUT2D eigenvalue weighted by molar-refractivity contribution is 7.96. The number of ketones is 2. The number of allylic oxidation sites excluding steroid dienone is 4. The summed E-state index contributed by atoms with van der Waals surface area (Å²) >= 11 is 0.687. The van der Waals surface area contributed by atoms with E-state index in [9.17, 15) is 36.3 Å². The van der Waals surface area contributed by atoms with E-state index in [1.54, 1.807) is 6.92 Å². The van der Waals surface area contributed by atoms with E-state index >= 15 is 0 Å². The first-order valence-electron chi connectivity index (χ1n) is 17.2. The Labute approximate surface area is 292 Å².